The minimum Gasteiger partial charge on any atom is -0.103 e. The first-order valence-corrected chi connectivity index (χ1v) is 4.74. The Labute approximate surface area is 71.7 Å². The van der Waals surface area contributed by atoms with Crippen molar-refractivity contribution in [1.29, 1.82) is 0 Å². The van der Waals surface area contributed by atoms with Crippen molar-refractivity contribution in [3.05, 3.63) is 12.7 Å². The standard InChI is InChI=1S/C11H22/c1-6-8-11(9(3)4)10(5)7-2/h6,9-11H,1,7-8H2,2-5H3/t10-,11+/m1/s1. The van der Waals surface area contributed by atoms with E-state index in [1.165, 1.54) is 12.8 Å². The molecule has 11 heavy (non-hydrogen) atoms. The Bertz CT molecular complexity index is 103. The largest absolute Gasteiger partial charge is 0.103 e. The molecule has 0 rings (SSSR count). The van der Waals surface area contributed by atoms with Crippen molar-refractivity contribution < 1.29 is 0 Å². The van der Waals surface area contributed by atoms with Gasteiger partial charge < -0.3 is 0 Å². The molecule has 0 unspecified atom stereocenters. The van der Waals surface area contributed by atoms with Gasteiger partial charge in [0.25, 0.3) is 0 Å². The molecule has 0 spiro atoms. The molecule has 0 N–H and O–H groups in total. The van der Waals surface area contributed by atoms with E-state index in [1.807, 2.05) is 0 Å². The van der Waals surface area contributed by atoms with E-state index in [1.54, 1.807) is 0 Å². The molecule has 66 valence electrons. The minimum atomic E-state index is 0.794. The maximum Gasteiger partial charge on any atom is -0.0320 e. The molecule has 0 aliphatic carbocycles. The molecule has 2 atom stereocenters. The SMILES string of the molecule is C=CC[C@@H](C(C)C)[C@H](C)CC. The van der Waals surface area contributed by atoms with Crippen molar-refractivity contribution in [3.8, 4) is 0 Å². The van der Waals surface area contributed by atoms with Crippen LogP contribution >= 0.6 is 0 Å². The van der Waals surface area contributed by atoms with Gasteiger partial charge in [0.15, 0.2) is 0 Å². The summed E-state index contributed by atoms with van der Waals surface area (Å²) in [5, 5.41) is 0. The Morgan fingerprint density at radius 1 is 1.27 bits per heavy atom. The molecule has 0 aromatic rings. The first kappa shape index (κ1) is 10.7. The number of allylic oxidation sites excluding steroid dienone is 1. The van der Waals surface area contributed by atoms with Gasteiger partial charge in [-0.15, -0.1) is 6.58 Å². The van der Waals surface area contributed by atoms with Gasteiger partial charge in [-0.1, -0.05) is 40.2 Å². The van der Waals surface area contributed by atoms with Crippen molar-refractivity contribution in [3.63, 3.8) is 0 Å². The van der Waals surface area contributed by atoms with E-state index in [0.717, 1.165) is 17.8 Å². The Balaban J connectivity index is 3.96. The van der Waals surface area contributed by atoms with E-state index in [0.29, 0.717) is 0 Å². The van der Waals surface area contributed by atoms with Crippen LogP contribution in [0.15, 0.2) is 12.7 Å². The summed E-state index contributed by atoms with van der Waals surface area (Å²) in [5.74, 6) is 2.47. The van der Waals surface area contributed by atoms with Crippen molar-refractivity contribution in [2.75, 3.05) is 0 Å². The van der Waals surface area contributed by atoms with E-state index in [2.05, 4.69) is 40.3 Å². The van der Waals surface area contributed by atoms with Gasteiger partial charge in [0.05, 0.1) is 0 Å². The van der Waals surface area contributed by atoms with E-state index >= 15 is 0 Å². The highest BCUT2D eigenvalue weighted by atomic mass is 14.2. The zero-order valence-electron chi connectivity index (χ0n) is 8.43. The lowest BCUT2D eigenvalue weighted by molar-refractivity contribution is 0.267. The second kappa shape index (κ2) is 5.40. The third kappa shape index (κ3) is 3.60. The fourth-order valence-corrected chi connectivity index (χ4v) is 1.66. The zero-order valence-corrected chi connectivity index (χ0v) is 8.43. The van der Waals surface area contributed by atoms with Crippen molar-refractivity contribution in [1.82, 2.24) is 0 Å². The Kier molecular flexibility index (Phi) is 5.27. The smallest absolute Gasteiger partial charge is 0.0320 e. The average molecular weight is 154 g/mol. The average Bonchev–Trinajstić information content (AvgIpc) is 1.98. The molecule has 0 aliphatic rings. The van der Waals surface area contributed by atoms with Gasteiger partial charge in [-0.2, -0.15) is 0 Å². The van der Waals surface area contributed by atoms with Crippen LogP contribution in [0.25, 0.3) is 0 Å². The number of hydrogen-bond donors (Lipinski definition) is 0. The summed E-state index contributed by atoms with van der Waals surface area (Å²) < 4.78 is 0. The van der Waals surface area contributed by atoms with Gasteiger partial charge in [-0.05, 0) is 24.2 Å². The molecular formula is C11H22. The second-order valence-electron chi connectivity index (χ2n) is 3.82. The van der Waals surface area contributed by atoms with Gasteiger partial charge >= 0.3 is 0 Å². The van der Waals surface area contributed by atoms with Crippen LogP contribution in [0.3, 0.4) is 0 Å². The third-order valence-corrected chi connectivity index (χ3v) is 2.67. The first-order chi connectivity index (χ1) is 5.13. The summed E-state index contributed by atoms with van der Waals surface area (Å²) >= 11 is 0. The summed E-state index contributed by atoms with van der Waals surface area (Å²) in [6.07, 6.45) is 4.51. The normalized spacial score (nSPS) is 16.5. The maximum absolute atomic E-state index is 3.80. The third-order valence-electron chi connectivity index (χ3n) is 2.67. The minimum absolute atomic E-state index is 0.794. The summed E-state index contributed by atoms with van der Waals surface area (Å²) in [6, 6.07) is 0. The van der Waals surface area contributed by atoms with Crippen molar-refractivity contribution in [2.24, 2.45) is 17.8 Å². The Morgan fingerprint density at radius 3 is 2.09 bits per heavy atom. The topological polar surface area (TPSA) is 0 Å². The van der Waals surface area contributed by atoms with Gasteiger partial charge in [0.2, 0.25) is 0 Å². The molecule has 0 nitrogen and oxygen atoms in total. The molecule has 0 saturated heterocycles. The molecule has 0 aromatic heterocycles. The molecule has 0 radical (unpaired) electrons. The quantitative estimate of drug-likeness (QED) is 0.527. The van der Waals surface area contributed by atoms with Crippen LogP contribution in [-0.4, -0.2) is 0 Å². The first-order valence-electron chi connectivity index (χ1n) is 4.74. The van der Waals surface area contributed by atoms with E-state index < -0.39 is 0 Å². The Hall–Kier alpha value is -0.260. The number of rotatable bonds is 5. The molecular weight excluding hydrogens is 132 g/mol. The van der Waals surface area contributed by atoms with Crippen LogP contribution in [0.5, 0.6) is 0 Å². The molecule has 0 heteroatoms. The van der Waals surface area contributed by atoms with Gasteiger partial charge in [0.1, 0.15) is 0 Å². The second-order valence-corrected chi connectivity index (χ2v) is 3.82. The van der Waals surface area contributed by atoms with Crippen LogP contribution < -0.4 is 0 Å². The molecule has 0 heterocycles. The van der Waals surface area contributed by atoms with E-state index in [9.17, 15) is 0 Å². The predicted molar refractivity (Wildman–Crippen MR) is 52.6 cm³/mol. The summed E-state index contributed by atoms with van der Waals surface area (Å²) in [5.41, 5.74) is 0. The molecule has 0 bridgehead atoms. The highest BCUT2D eigenvalue weighted by Gasteiger charge is 2.17. The van der Waals surface area contributed by atoms with Crippen LogP contribution in [0, 0.1) is 17.8 Å². The molecule has 0 amide bonds. The van der Waals surface area contributed by atoms with Crippen LogP contribution in [0.4, 0.5) is 0 Å². The lowest BCUT2D eigenvalue weighted by Gasteiger charge is -2.25. The number of hydrogen-bond acceptors (Lipinski definition) is 0. The van der Waals surface area contributed by atoms with Crippen LogP contribution in [0.2, 0.25) is 0 Å². The lowest BCUT2D eigenvalue weighted by Crippen LogP contribution is -2.16. The molecule has 0 aliphatic heterocycles. The van der Waals surface area contributed by atoms with Gasteiger partial charge in [-0.25, -0.2) is 0 Å². The molecule has 0 saturated carbocycles. The van der Waals surface area contributed by atoms with Gasteiger partial charge in [-0.3, -0.25) is 0 Å². The van der Waals surface area contributed by atoms with Crippen LogP contribution in [0.1, 0.15) is 40.5 Å². The molecule has 0 fully saturated rings. The highest BCUT2D eigenvalue weighted by molar-refractivity contribution is 4.78. The lowest BCUT2D eigenvalue weighted by atomic mass is 9.81. The summed E-state index contributed by atoms with van der Waals surface area (Å²) in [4.78, 5) is 0. The maximum atomic E-state index is 3.80. The van der Waals surface area contributed by atoms with Crippen molar-refractivity contribution >= 4 is 0 Å². The monoisotopic (exact) mass is 154 g/mol. The van der Waals surface area contributed by atoms with E-state index in [4.69, 9.17) is 0 Å². The van der Waals surface area contributed by atoms with Crippen molar-refractivity contribution in [2.45, 2.75) is 40.5 Å². The fraction of sp³-hybridized carbons (Fsp3) is 0.818. The summed E-state index contributed by atoms with van der Waals surface area (Å²) in [7, 11) is 0. The van der Waals surface area contributed by atoms with Gasteiger partial charge in [0, 0.05) is 0 Å². The molecule has 0 aromatic carbocycles. The highest BCUT2D eigenvalue weighted by Crippen LogP contribution is 2.26. The fourth-order valence-electron chi connectivity index (χ4n) is 1.66. The van der Waals surface area contributed by atoms with E-state index in [-0.39, 0.29) is 0 Å². The zero-order chi connectivity index (χ0) is 8.85. The predicted octanol–water partition coefficient (Wildman–Crippen LogP) is 3.88. The van der Waals surface area contributed by atoms with Crippen LogP contribution in [-0.2, 0) is 0 Å². The Morgan fingerprint density at radius 2 is 1.82 bits per heavy atom. The summed E-state index contributed by atoms with van der Waals surface area (Å²) in [6.45, 7) is 13.0.